The molecule has 0 aliphatic carbocycles. The molecule has 0 saturated heterocycles. The Morgan fingerprint density at radius 2 is 0.433 bits per heavy atom. The quantitative estimate of drug-likeness (QED) is 0.136. The Morgan fingerprint density at radius 3 is 0.433 bits per heavy atom. The predicted molar refractivity (Wildman–Crippen MR) is 89.3 cm³/mol. The van der Waals surface area contributed by atoms with Crippen LogP contribution in [-0.4, -0.2) is 50.2 Å². The van der Waals surface area contributed by atoms with Crippen LogP contribution in [0.3, 0.4) is 0 Å². The van der Waals surface area contributed by atoms with E-state index in [4.69, 9.17) is 47.4 Å². The molecule has 0 aromatic rings. The fourth-order valence-electron chi connectivity index (χ4n) is 0. The summed E-state index contributed by atoms with van der Waals surface area (Å²) in [7, 11) is -4.19. The first-order chi connectivity index (χ1) is 12.4. The number of carbonyl (C=O) groups excluding carboxylic acids is 6. The van der Waals surface area contributed by atoms with Gasteiger partial charge in [0.2, 0.25) is 0 Å². The molecule has 0 unspecified atom stereocenters. The van der Waals surface area contributed by atoms with Gasteiger partial charge in [-0.3, -0.25) is 0 Å². The zero-order chi connectivity index (χ0) is 26.0. The molecule has 0 aliphatic rings. The summed E-state index contributed by atoms with van der Waals surface area (Å²) in [5, 5.41) is 0. The van der Waals surface area contributed by atoms with E-state index in [0.29, 0.717) is 0 Å². The van der Waals surface area contributed by atoms with Crippen LogP contribution >= 0.6 is 0 Å². The molecule has 179 valence electrons. The van der Waals surface area contributed by atoms with Gasteiger partial charge in [-0.05, 0) is 0 Å². The number of hydrogen-bond acceptors (Lipinski definition) is 10. The van der Waals surface area contributed by atoms with Gasteiger partial charge in [0.15, 0.2) is 0 Å². The third-order valence-electron chi connectivity index (χ3n) is 0. The van der Waals surface area contributed by atoms with E-state index in [1.807, 2.05) is 0 Å². The van der Waals surface area contributed by atoms with Crippen LogP contribution in [0.4, 0.5) is 28.8 Å². The van der Waals surface area contributed by atoms with Crippen molar-refractivity contribution >= 4 is 36.2 Å². The number of primary amides is 12. The van der Waals surface area contributed by atoms with Crippen molar-refractivity contribution in [2.45, 2.75) is 0 Å². The number of rotatable bonds is 0. The van der Waals surface area contributed by atoms with E-state index in [-0.39, 0.29) is 21.7 Å². The first kappa shape index (κ1) is 50.3. The largest absolute Gasteiger partial charge is 3.00 e. The Labute approximate surface area is 184 Å². The fraction of sp³-hybridized carbons (Fsp3) is 0. The average molecular weight is 511 g/mol. The van der Waals surface area contributed by atoms with Gasteiger partial charge in [-0.2, -0.15) is 0 Å². The van der Waals surface area contributed by atoms with E-state index in [1.54, 1.807) is 0 Å². The minimum absolute atomic E-state index is 0. The van der Waals surface area contributed by atoms with Gasteiger partial charge in [0.25, 0.3) is 0 Å². The number of nitrogens with two attached hydrogens (primary N) is 12. The van der Waals surface area contributed by atoms with Gasteiger partial charge in [-0.25, -0.2) is 28.8 Å². The number of urea groups is 6. The third-order valence-corrected chi connectivity index (χ3v) is 0. The Bertz CT molecular complexity index is 352. The Balaban J connectivity index is -0.0000000313. The molecule has 0 aliphatic heterocycles. The molecule has 0 atom stereocenters. The first-order valence-corrected chi connectivity index (χ1v) is 6.67. The molecule has 0 rings (SSSR count). The van der Waals surface area contributed by atoms with E-state index < -0.39 is 46.4 Å². The second-order valence-electron chi connectivity index (χ2n) is 2.85. The average Bonchev–Trinajstić information content (AvgIpc) is 2.18. The van der Waals surface area contributed by atoms with Gasteiger partial charge in [-0.1, -0.05) is 0 Å². The number of amides is 12. The van der Waals surface area contributed by atoms with E-state index in [2.05, 4.69) is 68.8 Å². The number of halogens is 1. The second-order valence-corrected chi connectivity index (χ2v) is 3.72. The monoisotopic (exact) mass is 510 g/mol. The normalized spacial score (nSPS) is 7.33. The molecule has 27 N–H and O–H groups in total. The maximum Gasteiger partial charge on any atom is 3.00 e. The van der Waals surface area contributed by atoms with Crippen molar-refractivity contribution < 1.29 is 79.4 Å². The molecule has 0 bridgehead atoms. The van der Waals surface area contributed by atoms with Gasteiger partial charge in [0.1, 0.15) is 0 Å². The summed E-state index contributed by atoms with van der Waals surface area (Å²) in [4.78, 5) is 54.0. The van der Waals surface area contributed by atoms with E-state index >= 15 is 0 Å². The van der Waals surface area contributed by atoms with Gasteiger partial charge in [0.05, 0.1) is 0 Å². The molecule has 12 amide bonds. The molecule has 22 nitrogen and oxygen atoms in total. The van der Waals surface area contributed by atoms with Crippen LogP contribution in [0.25, 0.3) is 0 Å². The molecule has 0 saturated carbocycles. The van der Waals surface area contributed by atoms with Crippen LogP contribution in [-0.2, 0) is 21.7 Å². The fourth-order valence-corrected chi connectivity index (χ4v) is 0. The smallest absolute Gasteiger partial charge is 3.00 e. The molecule has 0 aromatic heterocycles. The molecule has 0 aromatic carbocycles. The molecule has 30 heavy (non-hydrogen) atoms. The SMILES string of the molecule is NC(N)=O.NC(N)=O.NC(N)=O.NC(N)=O.NC(N)=O.NC(N)=O.[O-][Cl+](O)(O)O.[Ti+3]. The molecule has 0 heterocycles. The predicted octanol–water partition coefficient (Wildman–Crippen LogP) is -8.72. The van der Waals surface area contributed by atoms with Crippen LogP contribution in [0.5, 0.6) is 0 Å². The van der Waals surface area contributed by atoms with Gasteiger partial charge in [0, 0.05) is 0 Å². The minimum atomic E-state index is -4.19. The van der Waals surface area contributed by atoms with Crippen LogP contribution in [0.2, 0.25) is 0 Å². The van der Waals surface area contributed by atoms with Crippen molar-refractivity contribution in [3.8, 4) is 0 Å². The van der Waals surface area contributed by atoms with Gasteiger partial charge < -0.3 is 68.8 Å². The van der Waals surface area contributed by atoms with Crippen molar-refractivity contribution in [3.05, 3.63) is 0 Å². The Hall–Kier alpha value is -3.54. The molecule has 24 heteroatoms. The summed E-state index contributed by atoms with van der Waals surface area (Å²) in [6, 6.07) is -5.00. The summed E-state index contributed by atoms with van der Waals surface area (Å²) in [6.45, 7) is 0. The summed E-state index contributed by atoms with van der Waals surface area (Å²) in [5.74, 6) is 0. The molecular formula is C6H27ClN12O10Ti+3. The molecule has 1 radical (unpaired) electrons. The summed E-state index contributed by atoms with van der Waals surface area (Å²) in [5.41, 5.74) is 51.0. The molecule has 0 spiro atoms. The van der Waals surface area contributed by atoms with Crippen molar-refractivity contribution in [2.24, 2.45) is 68.8 Å². The summed E-state index contributed by atoms with van der Waals surface area (Å²) in [6.07, 6.45) is 0. The maximum absolute atomic E-state index is 9.00. The molecular weight excluding hydrogens is 483 g/mol. The number of hydrogen-bond donors (Lipinski definition) is 15. The van der Waals surface area contributed by atoms with Crippen molar-refractivity contribution in [2.75, 3.05) is 0 Å². The third kappa shape index (κ3) is 1080. The summed E-state index contributed by atoms with van der Waals surface area (Å²) >= 11 is 0. The van der Waals surface area contributed by atoms with E-state index in [9.17, 15) is 0 Å². The van der Waals surface area contributed by atoms with Crippen molar-refractivity contribution in [1.82, 2.24) is 0 Å². The zero-order valence-electron chi connectivity index (χ0n) is 15.0. The number of carbonyl (C=O) groups is 6. The molecule has 0 fully saturated rings. The Morgan fingerprint density at radius 1 is 0.433 bits per heavy atom. The Kier molecular flexibility index (Phi) is 61.1. The van der Waals surface area contributed by atoms with Gasteiger partial charge >= 0.3 is 86.8 Å². The van der Waals surface area contributed by atoms with Gasteiger partial charge in [-0.15, -0.1) is 0 Å². The van der Waals surface area contributed by atoms with Crippen LogP contribution in [0.15, 0.2) is 0 Å². The second kappa shape index (κ2) is 36.4. The summed E-state index contributed by atoms with van der Waals surface area (Å²) < 4.78 is 30.2. The van der Waals surface area contributed by atoms with Crippen LogP contribution in [0, 0.1) is 10.2 Å². The van der Waals surface area contributed by atoms with Crippen LogP contribution in [0.1, 0.15) is 0 Å². The van der Waals surface area contributed by atoms with E-state index in [0.717, 1.165) is 0 Å². The maximum atomic E-state index is 9.00. The van der Waals surface area contributed by atoms with E-state index in [1.165, 1.54) is 0 Å². The minimum Gasteiger partial charge on any atom is 3.00 e. The zero-order valence-corrected chi connectivity index (χ0v) is 17.3. The van der Waals surface area contributed by atoms with Crippen molar-refractivity contribution in [3.63, 3.8) is 0 Å². The van der Waals surface area contributed by atoms with Crippen molar-refractivity contribution in [1.29, 1.82) is 0 Å². The topological polar surface area (TPSA) is 498 Å². The standard InChI is InChI=1S/6CH4N2O.ClH3O4.Ti/c6*2-1(3)4;2-1(3,4)5;/h6*(H4,2,3,4);2-4H;/q;;;;;;;+3. The van der Waals surface area contributed by atoms with Crippen LogP contribution < -0.4 is 73.5 Å². The first-order valence-electron chi connectivity index (χ1n) is 5.35.